The molecule has 0 saturated heterocycles. The van der Waals surface area contributed by atoms with Gasteiger partial charge in [-0.05, 0) is 19.1 Å². The van der Waals surface area contributed by atoms with Crippen molar-refractivity contribution in [3.8, 4) is 0 Å². The van der Waals surface area contributed by atoms with Gasteiger partial charge in [-0.25, -0.2) is 8.78 Å². The van der Waals surface area contributed by atoms with E-state index in [-0.39, 0.29) is 4.90 Å². The predicted octanol–water partition coefficient (Wildman–Crippen LogP) is 2.68. The molecular formula is C10H10F4O3S. The zero-order valence-corrected chi connectivity index (χ0v) is 10.0. The third-order valence-electron chi connectivity index (χ3n) is 2.14. The Hall–Kier alpha value is -1.15. The molecule has 18 heavy (non-hydrogen) atoms. The van der Waals surface area contributed by atoms with Crippen LogP contribution in [-0.2, 0) is 14.3 Å². The lowest BCUT2D eigenvalue weighted by Crippen LogP contribution is -2.41. The maximum absolute atomic E-state index is 12.8. The SMILES string of the molecule is CC(OS(=O)(=O)c1ccccc1)C(F)(F)C(F)F. The summed E-state index contributed by atoms with van der Waals surface area (Å²) >= 11 is 0. The standard InChI is InChI=1S/C10H10F4O3S/c1-7(10(13,14)9(11)12)17-18(15,16)8-5-3-2-4-6-8/h2-7,9H,1H3. The molecule has 0 amide bonds. The van der Waals surface area contributed by atoms with Gasteiger partial charge in [0.05, 0.1) is 4.90 Å². The van der Waals surface area contributed by atoms with E-state index in [4.69, 9.17) is 0 Å². The monoisotopic (exact) mass is 286 g/mol. The van der Waals surface area contributed by atoms with Gasteiger partial charge in [-0.1, -0.05) is 18.2 Å². The highest BCUT2D eigenvalue weighted by Crippen LogP contribution is 2.30. The Morgan fingerprint density at radius 3 is 2.11 bits per heavy atom. The van der Waals surface area contributed by atoms with Crippen LogP contribution >= 0.6 is 0 Å². The minimum absolute atomic E-state index is 0.373. The largest absolute Gasteiger partial charge is 0.334 e. The van der Waals surface area contributed by atoms with Crippen LogP contribution in [0.2, 0.25) is 0 Å². The quantitative estimate of drug-likeness (QED) is 0.617. The molecule has 0 aromatic heterocycles. The molecule has 0 fully saturated rings. The summed E-state index contributed by atoms with van der Waals surface area (Å²) in [7, 11) is -4.49. The molecule has 0 bridgehead atoms. The molecule has 1 rings (SSSR count). The van der Waals surface area contributed by atoms with Crippen LogP contribution in [0.4, 0.5) is 17.6 Å². The highest BCUT2D eigenvalue weighted by atomic mass is 32.2. The van der Waals surface area contributed by atoms with E-state index < -0.39 is 28.6 Å². The first-order chi connectivity index (χ1) is 8.18. The molecule has 0 aliphatic rings. The lowest BCUT2D eigenvalue weighted by Gasteiger charge is -2.22. The normalized spacial score (nSPS) is 14.8. The summed E-state index contributed by atoms with van der Waals surface area (Å²) in [6.45, 7) is 0.576. The predicted molar refractivity (Wildman–Crippen MR) is 55.1 cm³/mol. The van der Waals surface area contributed by atoms with Crippen LogP contribution in [0.3, 0.4) is 0 Å². The van der Waals surface area contributed by atoms with Crippen LogP contribution in [-0.4, -0.2) is 26.9 Å². The number of hydrogen-bond acceptors (Lipinski definition) is 3. The second-order valence-electron chi connectivity index (χ2n) is 3.48. The van der Waals surface area contributed by atoms with E-state index in [1.165, 1.54) is 18.2 Å². The summed E-state index contributed by atoms with van der Waals surface area (Å²) in [6, 6.07) is 6.44. The van der Waals surface area contributed by atoms with Crippen molar-refractivity contribution in [1.29, 1.82) is 0 Å². The Morgan fingerprint density at radius 2 is 1.67 bits per heavy atom. The second-order valence-corrected chi connectivity index (χ2v) is 5.05. The van der Waals surface area contributed by atoms with Crippen molar-refractivity contribution < 1.29 is 30.2 Å². The Bertz CT molecular complexity index is 487. The maximum Gasteiger partial charge on any atom is 0.334 e. The Balaban J connectivity index is 2.92. The highest BCUT2D eigenvalue weighted by Gasteiger charge is 2.49. The Kier molecular flexibility index (Phi) is 4.33. The van der Waals surface area contributed by atoms with Crippen LogP contribution in [0.5, 0.6) is 0 Å². The van der Waals surface area contributed by atoms with Crippen LogP contribution in [0.1, 0.15) is 6.92 Å². The molecule has 3 nitrogen and oxygen atoms in total. The van der Waals surface area contributed by atoms with Gasteiger partial charge in [-0.2, -0.15) is 17.2 Å². The molecule has 1 atom stereocenters. The van der Waals surface area contributed by atoms with E-state index in [9.17, 15) is 26.0 Å². The minimum atomic E-state index is -4.54. The average molecular weight is 286 g/mol. The fourth-order valence-electron chi connectivity index (χ4n) is 1.07. The molecular weight excluding hydrogens is 276 g/mol. The zero-order chi connectivity index (χ0) is 14.0. The molecule has 1 aromatic rings. The van der Waals surface area contributed by atoms with Crippen LogP contribution in [0.25, 0.3) is 0 Å². The van der Waals surface area contributed by atoms with Gasteiger partial charge in [0.1, 0.15) is 6.10 Å². The van der Waals surface area contributed by atoms with Crippen molar-refractivity contribution >= 4 is 10.1 Å². The molecule has 0 aliphatic carbocycles. The van der Waals surface area contributed by atoms with Crippen molar-refractivity contribution in [3.05, 3.63) is 30.3 Å². The van der Waals surface area contributed by atoms with E-state index in [0.29, 0.717) is 6.92 Å². The summed E-state index contributed by atoms with van der Waals surface area (Å²) in [5, 5.41) is 0. The third-order valence-corrected chi connectivity index (χ3v) is 3.53. The molecule has 0 heterocycles. The third kappa shape index (κ3) is 3.20. The van der Waals surface area contributed by atoms with Gasteiger partial charge in [0, 0.05) is 0 Å². The topological polar surface area (TPSA) is 43.4 Å². The molecule has 1 aromatic carbocycles. The number of halogens is 4. The van der Waals surface area contributed by atoms with Gasteiger partial charge in [0.25, 0.3) is 10.1 Å². The molecule has 0 radical (unpaired) electrons. The molecule has 0 N–H and O–H groups in total. The lowest BCUT2D eigenvalue weighted by molar-refractivity contribution is -0.177. The van der Waals surface area contributed by atoms with E-state index >= 15 is 0 Å². The minimum Gasteiger partial charge on any atom is -0.257 e. The van der Waals surface area contributed by atoms with E-state index in [2.05, 4.69) is 4.18 Å². The first kappa shape index (κ1) is 14.9. The summed E-state index contributed by atoms with van der Waals surface area (Å²) in [6.07, 6.45) is -6.46. The van der Waals surface area contributed by atoms with Gasteiger partial charge in [0.2, 0.25) is 0 Å². The molecule has 1 unspecified atom stereocenters. The van der Waals surface area contributed by atoms with Crippen molar-refractivity contribution in [3.63, 3.8) is 0 Å². The number of hydrogen-bond donors (Lipinski definition) is 0. The Labute approximate surface area is 102 Å². The number of benzene rings is 1. The maximum atomic E-state index is 12.8. The fraction of sp³-hybridized carbons (Fsp3) is 0.400. The Morgan fingerprint density at radius 1 is 1.17 bits per heavy atom. The van der Waals surface area contributed by atoms with Crippen LogP contribution in [0, 0.1) is 0 Å². The molecule has 0 spiro atoms. The lowest BCUT2D eigenvalue weighted by atomic mass is 10.2. The van der Waals surface area contributed by atoms with Crippen molar-refractivity contribution in [2.24, 2.45) is 0 Å². The zero-order valence-electron chi connectivity index (χ0n) is 9.19. The van der Waals surface area contributed by atoms with Gasteiger partial charge < -0.3 is 0 Å². The molecule has 8 heteroatoms. The molecule has 0 aliphatic heterocycles. The molecule has 0 saturated carbocycles. The summed E-state index contributed by atoms with van der Waals surface area (Å²) < 4.78 is 76.8. The smallest absolute Gasteiger partial charge is 0.257 e. The van der Waals surface area contributed by atoms with Gasteiger partial charge in [-0.3, -0.25) is 4.18 Å². The summed E-state index contributed by atoms with van der Waals surface area (Å²) in [5.74, 6) is -4.54. The second kappa shape index (κ2) is 5.23. The fourth-order valence-corrected chi connectivity index (χ4v) is 2.18. The van der Waals surface area contributed by atoms with E-state index in [1.54, 1.807) is 0 Å². The van der Waals surface area contributed by atoms with Gasteiger partial charge >= 0.3 is 12.3 Å². The van der Waals surface area contributed by atoms with Crippen LogP contribution < -0.4 is 0 Å². The molecule has 102 valence electrons. The highest BCUT2D eigenvalue weighted by molar-refractivity contribution is 7.86. The summed E-state index contributed by atoms with van der Waals surface area (Å²) in [4.78, 5) is -0.373. The first-order valence-corrected chi connectivity index (χ1v) is 6.23. The van der Waals surface area contributed by atoms with E-state index in [1.807, 2.05) is 0 Å². The van der Waals surface area contributed by atoms with Crippen molar-refractivity contribution in [2.75, 3.05) is 0 Å². The first-order valence-electron chi connectivity index (χ1n) is 4.82. The van der Waals surface area contributed by atoms with Gasteiger partial charge in [-0.15, -0.1) is 0 Å². The van der Waals surface area contributed by atoms with E-state index in [0.717, 1.165) is 12.1 Å². The van der Waals surface area contributed by atoms with Crippen LogP contribution in [0.15, 0.2) is 35.2 Å². The average Bonchev–Trinajstić information content (AvgIpc) is 2.29. The van der Waals surface area contributed by atoms with Crippen molar-refractivity contribution in [1.82, 2.24) is 0 Å². The number of rotatable bonds is 5. The number of alkyl halides is 4. The summed E-state index contributed by atoms with van der Waals surface area (Å²) in [5.41, 5.74) is 0. The van der Waals surface area contributed by atoms with Gasteiger partial charge in [0.15, 0.2) is 0 Å². The van der Waals surface area contributed by atoms with Crippen molar-refractivity contribution in [2.45, 2.75) is 30.3 Å².